The summed E-state index contributed by atoms with van der Waals surface area (Å²) in [7, 11) is 0. The predicted octanol–water partition coefficient (Wildman–Crippen LogP) is 1.62. The average molecular weight is 306 g/mol. The van der Waals surface area contributed by atoms with Crippen LogP contribution in [0, 0.1) is 13.8 Å². The Labute approximate surface area is 130 Å². The van der Waals surface area contributed by atoms with Gasteiger partial charge in [-0.15, -0.1) is 0 Å². The van der Waals surface area contributed by atoms with Crippen LogP contribution in [0.1, 0.15) is 30.5 Å². The number of rotatable bonds is 5. The molecule has 0 aromatic heterocycles. The number of esters is 1. The quantitative estimate of drug-likeness (QED) is 0.810. The molecule has 1 rings (SSSR count). The van der Waals surface area contributed by atoms with Gasteiger partial charge >= 0.3 is 12.0 Å². The average Bonchev–Trinajstić information content (AvgIpc) is 2.42. The molecular weight excluding hydrogens is 284 g/mol. The van der Waals surface area contributed by atoms with Crippen molar-refractivity contribution in [2.24, 2.45) is 0 Å². The summed E-state index contributed by atoms with van der Waals surface area (Å²) in [5, 5.41) is 4.52. The van der Waals surface area contributed by atoms with Crippen LogP contribution in [0.15, 0.2) is 18.2 Å². The number of urea groups is 1. The molecule has 0 unspecified atom stereocenters. The van der Waals surface area contributed by atoms with Gasteiger partial charge in [-0.1, -0.05) is 18.2 Å². The molecule has 0 aliphatic carbocycles. The summed E-state index contributed by atoms with van der Waals surface area (Å²) >= 11 is 0. The SMILES string of the molecule is CCNC(=O)NC(=O)[C@H](C)OC(=O)Cc1ccc(C)c(C)c1. The first-order valence-corrected chi connectivity index (χ1v) is 7.17. The Kier molecular flexibility index (Phi) is 6.56. The van der Waals surface area contributed by atoms with Gasteiger partial charge in [-0.25, -0.2) is 4.79 Å². The fraction of sp³-hybridized carbons (Fsp3) is 0.438. The number of amides is 3. The van der Waals surface area contributed by atoms with E-state index in [1.165, 1.54) is 6.92 Å². The minimum Gasteiger partial charge on any atom is -0.452 e. The second-order valence-electron chi connectivity index (χ2n) is 5.08. The van der Waals surface area contributed by atoms with E-state index in [2.05, 4.69) is 10.6 Å². The molecule has 0 aliphatic rings. The number of carbonyl (C=O) groups excluding carboxylic acids is 3. The zero-order valence-electron chi connectivity index (χ0n) is 13.4. The van der Waals surface area contributed by atoms with Gasteiger partial charge in [0.2, 0.25) is 0 Å². The molecule has 2 N–H and O–H groups in total. The Morgan fingerprint density at radius 1 is 1.18 bits per heavy atom. The van der Waals surface area contributed by atoms with Crippen molar-refractivity contribution in [1.82, 2.24) is 10.6 Å². The van der Waals surface area contributed by atoms with Crippen molar-refractivity contribution >= 4 is 17.9 Å². The summed E-state index contributed by atoms with van der Waals surface area (Å²) in [6.45, 7) is 7.52. The Balaban J connectivity index is 2.51. The van der Waals surface area contributed by atoms with E-state index in [-0.39, 0.29) is 6.42 Å². The highest BCUT2D eigenvalue weighted by atomic mass is 16.5. The minimum absolute atomic E-state index is 0.0832. The van der Waals surface area contributed by atoms with Gasteiger partial charge in [0.15, 0.2) is 6.10 Å². The number of ether oxygens (including phenoxy) is 1. The molecule has 0 saturated heterocycles. The third kappa shape index (κ3) is 5.55. The van der Waals surface area contributed by atoms with E-state index in [4.69, 9.17) is 4.74 Å². The van der Waals surface area contributed by atoms with Crippen molar-refractivity contribution in [3.8, 4) is 0 Å². The van der Waals surface area contributed by atoms with Gasteiger partial charge in [-0.3, -0.25) is 14.9 Å². The molecule has 1 aromatic carbocycles. The van der Waals surface area contributed by atoms with E-state index in [0.717, 1.165) is 16.7 Å². The molecule has 0 saturated carbocycles. The maximum absolute atomic E-state index is 11.8. The van der Waals surface area contributed by atoms with Gasteiger partial charge in [0, 0.05) is 6.54 Å². The van der Waals surface area contributed by atoms with Crippen LogP contribution in [0.5, 0.6) is 0 Å². The second-order valence-corrected chi connectivity index (χ2v) is 5.08. The molecule has 0 bridgehead atoms. The predicted molar refractivity (Wildman–Crippen MR) is 82.4 cm³/mol. The molecule has 0 spiro atoms. The summed E-state index contributed by atoms with van der Waals surface area (Å²) in [6, 6.07) is 5.09. The van der Waals surface area contributed by atoms with Crippen LogP contribution in [0.25, 0.3) is 0 Å². The first-order chi connectivity index (χ1) is 10.3. The highest BCUT2D eigenvalue weighted by Gasteiger charge is 2.19. The lowest BCUT2D eigenvalue weighted by atomic mass is 10.0. The zero-order chi connectivity index (χ0) is 16.7. The third-order valence-corrected chi connectivity index (χ3v) is 3.17. The molecule has 6 nitrogen and oxygen atoms in total. The normalized spacial score (nSPS) is 11.5. The smallest absolute Gasteiger partial charge is 0.321 e. The fourth-order valence-electron chi connectivity index (χ4n) is 1.79. The highest BCUT2D eigenvalue weighted by molar-refractivity contribution is 5.97. The monoisotopic (exact) mass is 306 g/mol. The Morgan fingerprint density at radius 3 is 2.45 bits per heavy atom. The lowest BCUT2D eigenvalue weighted by molar-refractivity contribution is -0.153. The molecule has 0 radical (unpaired) electrons. The maximum atomic E-state index is 11.8. The molecule has 0 heterocycles. The Morgan fingerprint density at radius 2 is 1.86 bits per heavy atom. The summed E-state index contributed by atoms with van der Waals surface area (Å²) in [4.78, 5) is 34.7. The summed E-state index contributed by atoms with van der Waals surface area (Å²) in [5.41, 5.74) is 3.06. The molecule has 0 aliphatic heterocycles. The Bertz CT molecular complexity index is 569. The van der Waals surface area contributed by atoms with Crippen LogP contribution in [0.3, 0.4) is 0 Å². The molecule has 3 amide bonds. The molecule has 1 atom stereocenters. The van der Waals surface area contributed by atoms with Crippen LogP contribution < -0.4 is 10.6 Å². The molecule has 1 aromatic rings. The van der Waals surface area contributed by atoms with Crippen molar-refractivity contribution in [2.45, 2.75) is 40.2 Å². The first kappa shape index (κ1) is 17.7. The van der Waals surface area contributed by atoms with Crippen LogP contribution >= 0.6 is 0 Å². The largest absolute Gasteiger partial charge is 0.452 e. The van der Waals surface area contributed by atoms with E-state index in [1.54, 1.807) is 6.92 Å². The van der Waals surface area contributed by atoms with Gasteiger partial charge in [0.1, 0.15) is 0 Å². The summed E-state index contributed by atoms with van der Waals surface area (Å²) in [6.07, 6.45) is -0.943. The van der Waals surface area contributed by atoms with Gasteiger partial charge in [-0.05, 0) is 44.4 Å². The first-order valence-electron chi connectivity index (χ1n) is 7.17. The molecular formula is C16H22N2O4. The van der Waals surface area contributed by atoms with Crippen molar-refractivity contribution in [3.05, 3.63) is 34.9 Å². The van der Waals surface area contributed by atoms with Crippen LogP contribution in [0.4, 0.5) is 4.79 Å². The van der Waals surface area contributed by atoms with Crippen LogP contribution in [-0.4, -0.2) is 30.6 Å². The number of imide groups is 1. The number of hydrogen-bond donors (Lipinski definition) is 2. The highest BCUT2D eigenvalue weighted by Crippen LogP contribution is 2.11. The van der Waals surface area contributed by atoms with E-state index < -0.39 is 24.0 Å². The van der Waals surface area contributed by atoms with Gasteiger partial charge in [0.05, 0.1) is 6.42 Å². The van der Waals surface area contributed by atoms with Crippen molar-refractivity contribution < 1.29 is 19.1 Å². The maximum Gasteiger partial charge on any atom is 0.321 e. The van der Waals surface area contributed by atoms with Gasteiger partial charge in [0.25, 0.3) is 5.91 Å². The van der Waals surface area contributed by atoms with Gasteiger partial charge < -0.3 is 10.1 Å². The lowest BCUT2D eigenvalue weighted by Gasteiger charge is -2.13. The Hall–Kier alpha value is -2.37. The molecule has 0 fully saturated rings. The number of hydrogen-bond acceptors (Lipinski definition) is 4. The van der Waals surface area contributed by atoms with E-state index in [1.807, 2.05) is 32.0 Å². The number of carbonyl (C=O) groups is 3. The molecule has 6 heteroatoms. The van der Waals surface area contributed by atoms with Crippen LogP contribution in [0.2, 0.25) is 0 Å². The molecule has 22 heavy (non-hydrogen) atoms. The van der Waals surface area contributed by atoms with Crippen LogP contribution in [-0.2, 0) is 20.7 Å². The van der Waals surface area contributed by atoms with Crippen molar-refractivity contribution in [2.75, 3.05) is 6.54 Å². The topological polar surface area (TPSA) is 84.5 Å². The third-order valence-electron chi connectivity index (χ3n) is 3.17. The lowest BCUT2D eigenvalue weighted by Crippen LogP contribution is -2.44. The van der Waals surface area contributed by atoms with Crippen molar-refractivity contribution in [3.63, 3.8) is 0 Å². The standard InChI is InChI=1S/C16H22N2O4/c1-5-17-16(21)18-15(20)12(4)22-14(19)9-13-7-6-10(2)11(3)8-13/h6-8,12H,5,9H2,1-4H3,(H2,17,18,20,21)/t12-/m0/s1. The number of nitrogens with one attached hydrogen (secondary N) is 2. The minimum atomic E-state index is -1.03. The number of aryl methyl sites for hydroxylation is 2. The number of benzene rings is 1. The molecule has 120 valence electrons. The second kappa shape index (κ2) is 8.17. The van der Waals surface area contributed by atoms with Crippen molar-refractivity contribution in [1.29, 1.82) is 0 Å². The zero-order valence-corrected chi connectivity index (χ0v) is 13.4. The van der Waals surface area contributed by atoms with E-state index >= 15 is 0 Å². The fourth-order valence-corrected chi connectivity index (χ4v) is 1.79. The summed E-state index contributed by atoms with van der Waals surface area (Å²) < 4.78 is 5.03. The van der Waals surface area contributed by atoms with E-state index in [0.29, 0.717) is 6.54 Å². The van der Waals surface area contributed by atoms with E-state index in [9.17, 15) is 14.4 Å². The summed E-state index contributed by atoms with van der Waals surface area (Å²) in [5.74, 6) is -1.17. The van der Waals surface area contributed by atoms with Gasteiger partial charge in [-0.2, -0.15) is 0 Å².